The average Bonchev–Trinajstić information content (AvgIpc) is 2.82. The van der Waals surface area contributed by atoms with Crippen molar-refractivity contribution in [2.24, 2.45) is 0 Å². The van der Waals surface area contributed by atoms with Crippen molar-refractivity contribution in [3.63, 3.8) is 0 Å². The minimum absolute atomic E-state index is 0.00465. The molecule has 1 aliphatic rings. The molecule has 2 aromatic carbocycles. The molecule has 0 bridgehead atoms. The number of benzene rings is 2. The summed E-state index contributed by atoms with van der Waals surface area (Å²) in [6.45, 7) is 3.49. The van der Waals surface area contributed by atoms with Crippen molar-refractivity contribution in [1.29, 1.82) is 5.41 Å². The first-order chi connectivity index (χ1) is 17.0. The van der Waals surface area contributed by atoms with Crippen molar-refractivity contribution in [3.8, 4) is 0 Å². The van der Waals surface area contributed by atoms with Crippen LogP contribution in [0, 0.1) is 12.3 Å². The number of carbonyl (C=O) groups is 1. The molecule has 0 saturated heterocycles. The van der Waals surface area contributed by atoms with Gasteiger partial charge in [0.05, 0.1) is 11.3 Å². The number of halogens is 3. The van der Waals surface area contributed by atoms with Gasteiger partial charge in [-0.25, -0.2) is 0 Å². The van der Waals surface area contributed by atoms with Crippen molar-refractivity contribution in [3.05, 3.63) is 99.8 Å². The van der Waals surface area contributed by atoms with Gasteiger partial charge in [-0.3, -0.25) is 4.79 Å². The van der Waals surface area contributed by atoms with Crippen LogP contribution in [0.5, 0.6) is 0 Å². The summed E-state index contributed by atoms with van der Waals surface area (Å²) in [7, 11) is 1.76. The van der Waals surface area contributed by atoms with Gasteiger partial charge in [-0.1, -0.05) is 48.6 Å². The summed E-state index contributed by atoms with van der Waals surface area (Å²) in [5, 5.41) is 23.0. The van der Waals surface area contributed by atoms with Crippen molar-refractivity contribution in [2.45, 2.75) is 32.6 Å². The van der Waals surface area contributed by atoms with Gasteiger partial charge < -0.3 is 21.1 Å². The van der Waals surface area contributed by atoms with Crippen molar-refractivity contribution >= 4 is 29.4 Å². The Bertz CT molecular complexity index is 1290. The second kappa shape index (κ2) is 11.2. The van der Waals surface area contributed by atoms with Crippen LogP contribution in [-0.2, 0) is 17.5 Å². The van der Waals surface area contributed by atoms with Gasteiger partial charge >= 0.3 is 12.1 Å². The van der Waals surface area contributed by atoms with Gasteiger partial charge in [0.2, 0.25) is 0 Å². The molecule has 5 nitrogen and oxygen atoms in total. The molecule has 36 heavy (non-hydrogen) atoms. The van der Waals surface area contributed by atoms with Crippen LogP contribution in [0.2, 0.25) is 0 Å². The Balaban J connectivity index is 1.93. The van der Waals surface area contributed by atoms with E-state index < -0.39 is 23.8 Å². The zero-order chi connectivity index (χ0) is 26.5. The van der Waals surface area contributed by atoms with Crippen LogP contribution in [0.4, 0.5) is 13.2 Å². The van der Waals surface area contributed by atoms with Gasteiger partial charge in [-0.2, -0.15) is 13.2 Å². The first kappa shape index (κ1) is 26.7. The fraction of sp³-hybridized carbons (Fsp3) is 0.214. The smallest absolute Gasteiger partial charge is 0.416 e. The Labute approximate surface area is 208 Å². The van der Waals surface area contributed by atoms with Crippen LogP contribution in [0.1, 0.15) is 40.3 Å². The number of rotatable bonds is 8. The minimum atomic E-state index is -4.53. The van der Waals surface area contributed by atoms with Gasteiger partial charge in [0, 0.05) is 25.4 Å². The van der Waals surface area contributed by atoms with Crippen LogP contribution in [0.3, 0.4) is 0 Å². The lowest BCUT2D eigenvalue weighted by Gasteiger charge is -2.15. The van der Waals surface area contributed by atoms with Crippen LogP contribution in [0.25, 0.3) is 17.7 Å². The summed E-state index contributed by atoms with van der Waals surface area (Å²) in [4.78, 5) is 11.0. The molecule has 4 N–H and O–H groups in total. The van der Waals surface area contributed by atoms with Gasteiger partial charge in [-0.05, 0) is 65.4 Å². The SMILES string of the molecule is CN/C=C1/C=CC(c2cccc(/C=C/c3cc(CNC(C)C(=O)O)ccc3C(F)(F)F)c2C)=CC1=N. The summed E-state index contributed by atoms with van der Waals surface area (Å²) in [5.74, 6) is -1.04. The van der Waals surface area contributed by atoms with Gasteiger partial charge in [0.25, 0.3) is 0 Å². The van der Waals surface area contributed by atoms with Crippen LogP contribution >= 0.6 is 0 Å². The molecule has 0 radical (unpaired) electrons. The number of hydrogen-bond acceptors (Lipinski definition) is 4. The molecule has 0 heterocycles. The van der Waals surface area contributed by atoms with Crippen molar-refractivity contribution in [2.75, 3.05) is 7.05 Å². The van der Waals surface area contributed by atoms with Crippen LogP contribution in [0.15, 0.2) is 66.4 Å². The Morgan fingerprint density at radius 1 is 1.14 bits per heavy atom. The van der Waals surface area contributed by atoms with Gasteiger partial charge in [0.15, 0.2) is 0 Å². The molecule has 0 spiro atoms. The van der Waals surface area contributed by atoms with Crippen LogP contribution < -0.4 is 10.6 Å². The first-order valence-electron chi connectivity index (χ1n) is 11.3. The number of carboxylic acid groups (broad SMARTS) is 1. The number of aliphatic carboxylic acids is 1. The van der Waals surface area contributed by atoms with Crippen LogP contribution in [-0.4, -0.2) is 29.9 Å². The molecule has 0 fully saturated rings. The molecular weight excluding hydrogens is 467 g/mol. The molecule has 1 atom stereocenters. The normalized spacial score (nSPS) is 15.9. The second-order valence-corrected chi connectivity index (χ2v) is 8.45. The maximum absolute atomic E-state index is 13.7. The first-order valence-corrected chi connectivity index (χ1v) is 11.3. The second-order valence-electron chi connectivity index (χ2n) is 8.45. The summed E-state index contributed by atoms with van der Waals surface area (Å²) in [6, 6.07) is 8.53. The number of alkyl halides is 3. The largest absolute Gasteiger partial charge is 0.480 e. The van der Waals surface area contributed by atoms with Crippen molar-refractivity contribution < 1.29 is 23.1 Å². The lowest BCUT2D eigenvalue weighted by Crippen LogP contribution is -2.33. The predicted molar refractivity (Wildman–Crippen MR) is 137 cm³/mol. The third-order valence-corrected chi connectivity index (χ3v) is 5.89. The highest BCUT2D eigenvalue weighted by Crippen LogP contribution is 2.34. The van der Waals surface area contributed by atoms with E-state index in [0.29, 0.717) is 11.3 Å². The number of nitrogens with one attached hydrogen (secondary N) is 3. The molecule has 1 aliphatic carbocycles. The number of carboxylic acids is 1. The fourth-order valence-electron chi connectivity index (χ4n) is 3.81. The summed E-state index contributed by atoms with van der Waals surface area (Å²) >= 11 is 0. The number of hydrogen-bond donors (Lipinski definition) is 4. The van der Waals surface area contributed by atoms with Gasteiger partial charge in [-0.15, -0.1) is 0 Å². The molecule has 8 heteroatoms. The Kier molecular flexibility index (Phi) is 8.32. The lowest BCUT2D eigenvalue weighted by molar-refractivity contribution is -0.139. The zero-order valence-corrected chi connectivity index (χ0v) is 20.2. The standard InChI is InChI=1S/C28H28F3N3O2/c1-17-20(5-4-6-24(17)21-9-11-23(16-33-3)26(32)14-21)8-10-22-13-19(15-34-18(2)27(35)36)7-12-25(22)28(29,30)31/h4-14,16,18,32-34H,15H2,1-3H3,(H,35,36)/b10-8+,23-16-,32-26?. The van der Waals surface area contributed by atoms with E-state index in [0.717, 1.165) is 33.9 Å². The van der Waals surface area contributed by atoms with E-state index in [1.807, 2.05) is 37.3 Å². The molecule has 0 aliphatic heterocycles. The molecule has 0 saturated carbocycles. The zero-order valence-electron chi connectivity index (χ0n) is 20.2. The number of allylic oxidation sites excluding steroid dienone is 5. The molecule has 2 aromatic rings. The topological polar surface area (TPSA) is 85.2 Å². The molecule has 1 unspecified atom stereocenters. The van der Waals surface area contributed by atoms with E-state index in [4.69, 9.17) is 10.5 Å². The molecule has 0 amide bonds. The monoisotopic (exact) mass is 495 g/mol. The lowest BCUT2D eigenvalue weighted by atomic mass is 9.91. The Morgan fingerprint density at radius 2 is 1.86 bits per heavy atom. The predicted octanol–water partition coefficient (Wildman–Crippen LogP) is 5.82. The van der Waals surface area contributed by atoms with E-state index in [9.17, 15) is 18.0 Å². The molecule has 188 valence electrons. The summed E-state index contributed by atoms with van der Waals surface area (Å²) in [5.41, 5.74) is 4.24. The van der Waals surface area contributed by atoms with E-state index >= 15 is 0 Å². The molecular formula is C28H28F3N3O2. The van der Waals surface area contributed by atoms with Gasteiger partial charge in [0.1, 0.15) is 6.04 Å². The highest BCUT2D eigenvalue weighted by atomic mass is 19.4. The third-order valence-electron chi connectivity index (χ3n) is 5.89. The summed E-state index contributed by atoms with van der Waals surface area (Å²) in [6.07, 6.45) is 5.79. The maximum Gasteiger partial charge on any atom is 0.416 e. The maximum atomic E-state index is 13.7. The Hall–Kier alpha value is -3.91. The molecule has 0 aromatic heterocycles. The van der Waals surface area contributed by atoms with Crippen molar-refractivity contribution in [1.82, 2.24) is 10.6 Å². The van der Waals surface area contributed by atoms with E-state index in [-0.39, 0.29) is 12.1 Å². The third kappa shape index (κ3) is 6.40. The highest BCUT2D eigenvalue weighted by molar-refractivity contribution is 6.15. The summed E-state index contributed by atoms with van der Waals surface area (Å²) < 4.78 is 41.0. The van der Waals surface area contributed by atoms with E-state index in [1.54, 1.807) is 25.4 Å². The average molecular weight is 496 g/mol. The van der Waals surface area contributed by atoms with E-state index in [2.05, 4.69) is 10.6 Å². The van der Waals surface area contributed by atoms with E-state index in [1.165, 1.54) is 25.1 Å². The quantitative estimate of drug-likeness (QED) is 0.348. The fourth-order valence-corrected chi connectivity index (χ4v) is 3.81. The minimum Gasteiger partial charge on any atom is -0.480 e. The molecule has 3 rings (SSSR count). The Morgan fingerprint density at radius 3 is 2.50 bits per heavy atom. The highest BCUT2D eigenvalue weighted by Gasteiger charge is 2.32.